The number of hydrogen-bond acceptors (Lipinski definition) is 1. The number of fused-ring (bicyclic) bond motifs is 1. The summed E-state index contributed by atoms with van der Waals surface area (Å²) in [4.78, 5) is 11.3. The van der Waals surface area contributed by atoms with Crippen LogP contribution in [0.5, 0.6) is 0 Å². The number of carbonyl (C=O) groups is 1. The van der Waals surface area contributed by atoms with Crippen molar-refractivity contribution in [2.45, 2.75) is 53.0 Å². The van der Waals surface area contributed by atoms with Crippen LogP contribution in [-0.4, -0.2) is 15.6 Å². The fraction of sp³-hybridized carbons (Fsp3) is 0.471. The van der Waals surface area contributed by atoms with E-state index in [1.54, 1.807) is 0 Å². The highest BCUT2D eigenvalue weighted by atomic mass is 16.4. The van der Waals surface area contributed by atoms with Crippen molar-refractivity contribution < 1.29 is 9.90 Å². The molecule has 1 aromatic carbocycles. The SMILES string of the molecule is CCCc1cn(C(C)C)c2c(CC)cc(C(=O)O)cc12. The smallest absolute Gasteiger partial charge is 0.335 e. The number of carboxylic acids is 1. The summed E-state index contributed by atoms with van der Waals surface area (Å²) in [6.07, 6.45) is 5.10. The minimum Gasteiger partial charge on any atom is -0.478 e. The van der Waals surface area contributed by atoms with Crippen molar-refractivity contribution in [3.63, 3.8) is 0 Å². The Morgan fingerprint density at radius 2 is 1.95 bits per heavy atom. The van der Waals surface area contributed by atoms with Gasteiger partial charge < -0.3 is 9.67 Å². The first-order chi connectivity index (χ1) is 9.49. The van der Waals surface area contributed by atoms with Crippen LogP contribution in [0.4, 0.5) is 0 Å². The molecule has 20 heavy (non-hydrogen) atoms. The first kappa shape index (κ1) is 14.6. The molecular weight excluding hydrogens is 250 g/mol. The Kier molecular flexibility index (Phi) is 4.17. The highest BCUT2D eigenvalue weighted by Crippen LogP contribution is 2.30. The van der Waals surface area contributed by atoms with E-state index in [0.717, 1.165) is 30.2 Å². The molecule has 0 aliphatic heterocycles. The van der Waals surface area contributed by atoms with E-state index >= 15 is 0 Å². The van der Waals surface area contributed by atoms with E-state index in [4.69, 9.17) is 0 Å². The fourth-order valence-electron chi connectivity index (χ4n) is 2.82. The summed E-state index contributed by atoms with van der Waals surface area (Å²) in [7, 11) is 0. The Labute approximate surface area is 120 Å². The molecule has 3 nitrogen and oxygen atoms in total. The monoisotopic (exact) mass is 273 g/mol. The summed E-state index contributed by atoms with van der Waals surface area (Å²) >= 11 is 0. The maximum atomic E-state index is 11.3. The molecule has 2 aromatic rings. The van der Waals surface area contributed by atoms with E-state index < -0.39 is 5.97 Å². The van der Waals surface area contributed by atoms with Crippen LogP contribution in [0.1, 0.15) is 61.6 Å². The normalized spacial score (nSPS) is 11.4. The average molecular weight is 273 g/mol. The van der Waals surface area contributed by atoms with Gasteiger partial charge in [0.25, 0.3) is 0 Å². The largest absolute Gasteiger partial charge is 0.478 e. The first-order valence-electron chi connectivity index (χ1n) is 7.39. The summed E-state index contributed by atoms with van der Waals surface area (Å²) in [5, 5.41) is 10.4. The van der Waals surface area contributed by atoms with Gasteiger partial charge in [-0.15, -0.1) is 0 Å². The third-order valence-corrected chi connectivity index (χ3v) is 3.79. The van der Waals surface area contributed by atoms with Gasteiger partial charge in [0.15, 0.2) is 0 Å². The molecule has 108 valence electrons. The van der Waals surface area contributed by atoms with Crippen molar-refractivity contribution in [1.82, 2.24) is 4.57 Å². The molecule has 3 heteroatoms. The molecule has 0 fully saturated rings. The van der Waals surface area contributed by atoms with E-state index in [1.165, 1.54) is 11.1 Å². The Hall–Kier alpha value is -1.77. The number of rotatable bonds is 5. The van der Waals surface area contributed by atoms with Crippen molar-refractivity contribution in [1.29, 1.82) is 0 Å². The van der Waals surface area contributed by atoms with E-state index in [1.807, 2.05) is 12.1 Å². The second-order valence-electron chi connectivity index (χ2n) is 5.60. The number of carboxylic acid groups (broad SMARTS) is 1. The molecule has 0 aliphatic rings. The molecule has 0 radical (unpaired) electrons. The standard InChI is InChI=1S/C17H23NO2/c1-5-7-13-10-18(11(3)4)16-12(6-2)8-14(17(19)20)9-15(13)16/h8-11H,5-7H2,1-4H3,(H,19,20). The number of aromatic nitrogens is 1. The maximum Gasteiger partial charge on any atom is 0.335 e. The van der Waals surface area contributed by atoms with Crippen molar-refractivity contribution in [3.05, 3.63) is 35.0 Å². The van der Waals surface area contributed by atoms with E-state index in [2.05, 4.69) is 38.5 Å². The van der Waals surface area contributed by atoms with Crippen molar-refractivity contribution in [3.8, 4) is 0 Å². The average Bonchev–Trinajstić information content (AvgIpc) is 2.77. The van der Waals surface area contributed by atoms with Crippen molar-refractivity contribution in [2.24, 2.45) is 0 Å². The van der Waals surface area contributed by atoms with Crippen LogP contribution >= 0.6 is 0 Å². The van der Waals surface area contributed by atoms with Gasteiger partial charge in [0, 0.05) is 17.6 Å². The molecule has 1 aromatic heterocycles. The van der Waals surface area contributed by atoms with Crippen molar-refractivity contribution >= 4 is 16.9 Å². The van der Waals surface area contributed by atoms with Crippen LogP contribution in [0.2, 0.25) is 0 Å². The molecular formula is C17H23NO2. The lowest BCUT2D eigenvalue weighted by Gasteiger charge is -2.12. The molecule has 0 aliphatic carbocycles. The molecule has 0 saturated heterocycles. The maximum absolute atomic E-state index is 11.3. The van der Waals surface area contributed by atoms with Gasteiger partial charge >= 0.3 is 5.97 Å². The molecule has 0 unspecified atom stereocenters. The first-order valence-corrected chi connectivity index (χ1v) is 7.39. The second-order valence-corrected chi connectivity index (χ2v) is 5.60. The number of benzene rings is 1. The fourth-order valence-corrected chi connectivity index (χ4v) is 2.82. The predicted octanol–water partition coefficient (Wildman–Crippen LogP) is 4.44. The van der Waals surface area contributed by atoms with Crippen LogP contribution in [0.15, 0.2) is 18.3 Å². The Morgan fingerprint density at radius 1 is 1.25 bits per heavy atom. The molecule has 0 bridgehead atoms. The van der Waals surface area contributed by atoms with E-state index in [-0.39, 0.29) is 0 Å². The van der Waals surface area contributed by atoms with Gasteiger partial charge in [0.05, 0.1) is 11.1 Å². The van der Waals surface area contributed by atoms with Crippen molar-refractivity contribution in [2.75, 3.05) is 0 Å². The van der Waals surface area contributed by atoms with Gasteiger partial charge in [0.2, 0.25) is 0 Å². The van der Waals surface area contributed by atoms with E-state index in [0.29, 0.717) is 11.6 Å². The molecule has 0 spiro atoms. The van der Waals surface area contributed by atoms with Crippen LogP contribution < -0.4 is 0 Å². The summed E-state index contributed by atoms with van der Waals surface area (Å²) in [6.45, 7) is 8.57. The van der Waals surface area contributed by atoms with E-state index in [9.17, 15) is 9.90 Å². The zero-order valence-corrected chi connectivity index (χ0v) is 12.7. The van der Waals surface area contributed by atoms with Crippen LogP contribution in [0, 0.1) is 0 Å². The zero-order valence-electron chi connectivity index (χ0n) is 12.7. The van der Waals surface area contributed by atoms with Gasteiger partial charge in [0.1, 0.15) is 0 Å². The number of aromatic carboxylic acids is 1. The molecule has 1 N–H and O–H groups in total. The number of aryl methyl sites for hydroxylation is 2. The number of nitrogens with zero attached hydrogens (tertiary/aromatic N) is 1. The van der Waals surface area contributed by atoms with Gasteiger partial charge in [-0.1, -0.05) is 20.3 Å². The third kappa shape index (κ3) is 2.45. The summed E-state index contributed by atoms with van der Waals surface area (Å²) < 4.78 is 2.28. The predicted molar refractivity (Wildman–Crippen MR) is 82.7 cm³/mol. The molecule has 2 rings (SSSR count). The lowest BCUT2D eigenvalue weighted by molar-refractivity contribution is 0.0697. The minimum atomic E-state index is -0.846. The third-order valence-electron chi connectivity index (χ3n) is 3.79. The highest BCUT2D eigenvalue weighted by molar-refractivity contribution is 5.96. The summed E-state index contributed by atoms with van der Waals surface area (Å²) in [6, 6.07) is 4.03. The lowest BCUT2D eigenvalue weighted by atomic mass is 10.0. The van der Waals surface area contributed by atoms with Gasteiger partial charge in [-0.25, -0.2) is 4.79 Å². The Morgan fingerprint density at radius 3 is 2.45 bits per heavy atom. The summed E-state index contributed by atoms with van der Waals surface area (Å²) in [5.41, 5.74) is 3.98. The van der Waals surface area contributed by atoms with Gasteiger partial charge in [-0.2, -0.15) is 0 Å². The lowest BCUT2D eigenvalue weighted by Crippen LogP contribution is -2.03. The Balaban J connectivity index is 2.81. The Bertz CT molecular complexity index is 638. The molecule has 0 atom stereocenters. The number of hydrogen-bond donors (Lipinski definition) is 1. The quantitative estimate of drug-likeness (QED) is 0.875. The molecule has 1 heterocycles. The topological polar surface area (TPSA) is 42.2 Å². The van der Waals surface area contributed by atoms with Crippen LogP contribution in [0.3, 0.4) is 0 Å². The minimum absolute atomic E-state index is 0.379. The van der Waals surface area contributed by atoms with Crippen LogP contribution in [0.25, 0.3) is 10.9 Å². The van der Waals surface area contributed by atoms with Gasteiger partial charge in [-0.05, 0) is 49.9 Å². The second kappa shape index (κ2) is 5.70. The molecule has 0 amide bonds. The zero-order chi connectivity index (χ0) is 14.9. The summed E-state index contributed by atoms with van der Waals surface area (Å²) in [5.74, 6) is -0.846. The molecule has 0 saturated carbocycles. The van der Waals surface area contributed by atoms with Crippen LogP contribution in [-0.2, 0) is 12.8 Å². The van der Waals surface area contributed by atoms with Gasteiger partial charge in [-0.3, -0.25) is 0 Å². The highest BCUT2D eigenvalue weighted by Gasteiger charge is 2.16.